The monoisotopic (exact) mass is 437 g/mol. The molecule has 2 N–H and O–H groups in total. The molecule has 9 nitrogen and oxygen atoms in total. The number of fused-ring (bicyclic) bond motifs is 1. The van der Waals surface area contributed by atoms with Gasteiger partial charge in [0.2, 0.25) is 11.8 Å². The third-order valence-corrected chi connectivity index (χ3v) is 5.48. The summed E-state index contributed by atoms with van der Waals surface area (Å²) < 4.78 is 5.33. The van der Waals surface area contributed by atoms with E-state index in [4.69, 9.17) is 4.74 Å². The molecule has 32 heavy (non-hydrogen) atoms. The fourth-order valence-corrected chi connectivity index (χ4v) is 3.81. The van der Waals surface area contributed by atoms with Crippen LogP contribution in [0.2, 0.25) is 0 Å². The Kier molecular flexibility index (Phi) is 6.98. The number of rotatable bonds is 6. The lowest BCUT2D eigenvalue weighted by Crippen LogP contribution is -2.52. The lowest BCUT2D eigenvalue weighted by atomic mass is 10.1. The summed E-state index contributed by atoms with van der Waals surface area (Å²) in [5.41, 5.74) is 1.77. The maximum atomic E-state index is 12.9. The third-order valence-electron chi connectivity index (χ3n) is 5.48. The summed E-state index contributed by atoms with van der Waals surface area (Å²) in [4.78, 5) is 43.3. The molecule has 1 saturated heterocycles. The Balaban J connectivity index is 1.39. The number of urea groups is 1. The number of anilines is 3. The minimum Gasteiger partial charge on any atom is -0.379 e. The van der Waals surface area contributed by atoms with E-state index in [-0.39, 0.29) is 24.9 Å². The second kappa shape index (κ2) is 10.3. The first kappa shape index (κ1) is 21.8. The van der Waals surface area contributed by atoms with Crippen LogP contribution in [-0.2, 0) is 14.3 Å². The Morgan fingerprint density at radius 2 is 1.62 bits per heavy atom. The number of carbonyl (C=O) groups excluding carboxylic acids is 3. The molecule has 0 atom stereocenters. The highest BCUT2D eigenvalue weighted by atomic mass is 16.5. The first-order valence-electron chi connectivity index (χ1n) is 10.7. The maximum Gasteiger partial charge on any atom is 0.326 e. The van der Waals surface area contributed by atoms with E-state index >= 15 is 0 Å². The first-order chi connectivity index (χ1) is 15.6. The van der Waals surface area contributed by atoms with Crippen molar-refractivity contribution in [3.63, 3.8) is 0 Å². The lowest BCUT2D eigenvalue weighted by Gasteiger charge is -2.35. The molecule has 2 aromatic rings. The van der Waals surface area contributed by atoms with Crippen LogP contribution in [0.3, 0.4) is 0 Å². The van der Waals surface area contributed by atoms with Gasteiger partial charge < -0.3 is 15.4 Å². The van der Waals surface area contributed by atoms with Crippen LogP contribution in [0.5, 0.6) is 0 Å². The SMILES string of the molecule is O=C(CN1C(=O)CN(C(=O)Nc2ccccc2)c2ccccc21)NCCN1CCOCC1. The van der Waals surface area contributed by atoms with Crippen LogP contribution < -0.4 is 20.4 Å². The molecule has 1 fully saturated rings. The van der Waals surface area contributed by atoms with E-state index in [1.807, 2.05) is 18.2 Å². The number of amides is 4. The largest absolute Gasteiger partial charge is 0.379 e. The van der Waals surface area contributed by atoms with Gasteiger partial charge in [-0.25, -0.2) is 4.79 Å². The van der Waals surface area contributed by atoms with Crippen LogP contribution in [0.1, 0.15) is 0 Å². The van der Waals surface area contributed by atoms with E-state index < -0.39 is 6.03 Å². The van der Waals surface area contributed by atoms with Gasteiger partial charge in [-0.3, -0.25) is 24.3 Å². The van der Waals surface area contributed by atoms with Crippen LogP contribution in [0.4, 0.5) is 21.9 Å². The van der Waals surface area contributed by atoms with Crippen molar-refractivity contribution in [2.75, 3.05) is 67.6 Å². The summed E-state index contributed by atoms with van der Waals surface area (Å²) in [6, 6.07) is 15.8. The van der Waals surface area contributed by atoms with Crippen LogP contribution in [0.15, 0.2) is 54.6 Å². The zero-order chi connectivity index (χ0) is 22.3. The highest BCUT2D eigenvalue weighted by Gasteiger charge is 2.33. The zero-order valence-corrected chi connectivity index (χ0v) is 17.8. The van der Waals surface area contributed by atoms with Gasteiger partial charge in [-0.1, -0.05) is 30.3 Å². The summed E-state index contributed by atoms with van der Waals surface area (Å²) in [6.07, 6.45) is 0. The van der Waals surface area contributed by atoms with Crippen LogP contribution in [0, 0.1) is 0 Å². The number of nitrogens with zero attached hydrogens (tertiary/aromatic N) is 3. The Hall–Kier alpha value is -3.43. The average molecular weight is 438 g/mol. The van der Waals surface area contributed by atoms with Crippen molar-refractivity contribution in [1.82, 2.24) is 10.2 Å². The minimum atomic E-state index is -0.397. The van der Waals surface area contributed by atoms with Crippen molar-refractivity contribution in [2.45, 2.75) is 0 Å². The molecule has 4 rings (SSSR count). The second-order valence-corrected chi connectivity index (χ2v) is 7.65. The molecule has 0 bridgehead atoms. The number of morpholine rings is 1. The molecule has 9 heteroatoms. The van der Waals surface area contributed by atoms with Crippen molar-refractivity contribution in [3.8, 4) is 0 Å². The van der Waals surface area contributed by atoms with E-state index in [9.17, 15) is 14.4 Å². The molecule has 2 aliphatic heterocycles. The van der Waals surface area contributed by atoms with Gasteiger partial charge in [-0.2, -0.15) is 0 Å². The topological polar surface area (TPSA) is 94.2 Å². The minimum absolute atomic E-state index is 0.0902. The van der Waals surface area contributed by atoms with E-state index in [1.165, 1.54) is 9.80 Å². The van der Waals surface area contributed by atoms with Crippen molar-refractivity contribution >= 4 is 34.9 Å². The number of hydrogen-bond acceptors (Lipinski definition) is 5. The highest BCUT2D eigenvalue weighted by molar-refractivity contribution is 6.14. The summed E-state index contributed by atoms with van der Waals surface area (Å²) in [6.45, 7) is 4.15. The molecule has 2 heterocycles. The average Bonchev–Trinajstić information content (AvgIpc) is 2.82. The fourth-order valence-electron chi connectivity index (χ4n) is 3.81. The Bertz CT molecular complexity index is 962. The third kappa shape index (κ3) is 5.24. The van der Waals surface area contributed by atoms with Gasteiger partial charge in [0.25, 0.3) is 0 Å². The molecule has 0 aliphatic carbocycles. The van der Waals surface area contributed by atoms with Crippen LogP contribution in [-0.4, -0.2) is 75.2 Å². The van der Waals surface area contributed by atoms with E-state index in [2.05, 4.69) is 15.5 Å². The normalized spacial score (nSPS) is 16.4. The van der Waals surface area contributed by atoms with Crippen molar-refractivity contribution in [3.05, 3.63) is 54.6 Å². The lowest BCUT2D eigenvalue weighted by molar-refractivity contribution is -0.123. The quantitative estimate of drug-likeness (QED) is 0.715. The second-order valence-electron chi connectivity index (χ2n) is 7.65. The first-order valence-corrected chi connectivity index (χ1v) is 10.7. The predicted octanol–water partition coefficient (Wildman–Crippen LogP) is 1.52. The molecule has 168 valence electrons. The molecular weight excluding hydrogens is 410 g/mol. The molecule has 0 unspecified atom stereocenters. The molecule has 2 aliphatic rings. The Morgan fingerprint density at radius 1 is 0.938 bits per heavy atom. The summed E-state index contributed by atoms with van der Waals surface area (Å²) >= 11 is 0. The van der Waals surface area contributed by atoms with Gasteiger partial charge in [0.1, 0.15) is 13.1 Å². The summed E-state index contributed by atoms with van der Waals surface area (Å²) in [5, 5.41) is 5.70. The standard InChI is InChI=1S/C23H27N5O4/c29-21(24-10-11-26-12-14-32-15-13-26)16-27-19-8-4-5-9-20(19)28(17-22(27)30)23(31)25-18-6-2-1-3-7-18/h1-9H,10-17H2,(H,24,29)(H,25,31). The molecule has 4 amide bonds. The fraction of sp³-hybridized carbons (Fsp3) is 0.348. The molecule has 0 saturated carbocycles. The number of carbonyl (C=O) groups is 3. The van der Waals surface area contributed by atoms with Gasteiger partial charge in [0.15, 0.2) is 0 Å². The van der Waals surface area contributed by atoms with E-state index in [0.29, 0.717) is 36.8 Å². The van der Waals surface area contributed by atoms with Gasteiger partial charge in [0.05, 0.1) is 24.6 Å². The van der Waals surface area contributed by atoms with Gasteiger partial charge in [0, 0.05) is 31.9 Å². The molecule has 2 aromatic carbocycles. The van der Waals surface area contributed by atoms with Crippen LogP contribution >= 0.6 is 0 Å². The molecule has 0 aromatic heterocycles. The van der Waals surface area contributed by atoms with E-state index in [0.717, 1.165) is 19.6 Å². The van der Waals surface area contributed by atoms with Gasteiger partial charge in [-0.15, -0.1) is 0 Å². The summed E-state index contributed by atoms with van der Waals surface area (Å²) in [5.74, 6) is -0.543. The molecular formula is C23H27N5O4. The van der Waals surface area contributed by atoms with Gasteiger partial charge >= 0.3 is 6.03 Å². The zero-order valence-electron chi connectivity index (χ0n) is 17.8. The maximum absolute atomic E-state index is 12.9. The molecule has 0 spiro atoms. The highest BCUT2D eigenvalue weighted by Crippen LogP contribution is 2.33. The van der Waals surface area contributed by atoms with Gasteiger partial charge in [-0.05, 0) is 24.3 Å². The van der Waals surface area contributed by atoms with Crippen molar-refractivity contribution < 1.29 is 19.1 Å². The van der Waals surface area contributed by atoms with Crippen molar-refractivity contribution in [2.24, 2.45) is 0 Å². The number of benzene rings is 2. The van der Waals surface area contributed by atoms with Crippen molar-refractivity contribution in [1.29, 1.82) is 0 Å². The Labute approximate surface area is 186 Å². The number of nitrogens with one attached hydrogen (secondary N) is 2. The van der Waals surface area contributed by atoms with E-state index in [1.54, 1.807) is 36.4 Å². The summed E-state index contributed by atoms with van der Waals surface area (Å²) in [7, 11) is 0. The number of ether oxygens (including phenoxy) is 1. The predicted molar refractivity (Wildman–Crippen MR) is 122 cm³/mol. The molecule has 0 radical (unpaired) electrons. The number of hydrogen-bond donors (Lipinski definition) is 2. The smallest absolute Gasteiger partial charge is 0.326 e. The van der Waals surface area contributed by atoms with Crippen LogP contribution in [0.25, 0.3) is 0 Å². The number of para-hydroxylation sites is 3. The Morgan fingerprint density at radius 3 is 2.38 bits per heavy atom.